The smallest absolute Gasteiger partial charge is 0.160 e. The second-order valence-corrected chi connectivity index (χ2v) is 5.55. The highest BCUT2D eigenvalue weighted by molar-refractivity contribution is 6.17. The van der Waals surface area contributed by atoms with Gasteiger partial charge in [0.1, 0.15) is 11.3 Å². The number of hydrogen-bond donors (Lipinski definition) is 0. The third-order valence-corrected chi connectivity index (χ3v) is 4.07. The van der Waals surface area contributed by atoms with Crippen molar-refractivity contribution in [2.24, 2.45) is 7.05 Å². The number of aryl methyl sites for hydroxylation is 3. The van der Waals surface area contributed by atoms with Gasteiger partial charge in [-0.2, -0.15) is 5.10 Å². The van der Waals surface area contributed by atoms with E-state index < -0.39 is 0 Å². The molecule has 0 amide bonds. The zero-order valence-electron chi connectivity index (χ0n) is 12.5. The van der Waals surface area contributed by atoms with Crippen LogP contribution in [0, 0.1) is 13.8 Å². The predicted octanol–water partition coefficient (Wildman–Crippen LogP) is 2.61. The van der Waals surface area contributed by atoms with E-state index in [1.807, 2.05) is 30.8 Å². The highest BCUT2D eigenvalue weighted by atomic mass is 35.5. The molecule has 0 radical (unpaired) electrons. The number of hydrogen-bond acceptors (Lipinski definition) is 3. The zero-order valence-corrected chi connectivity index (χ0v) is 13.2. The Kier molecular flexibility index (Phi) is 3.68. The molecular weight excluding hydrogens is 286 g/mol. The van der Waals surface area contributed by atoms with Crippen molar-refractivity contribution in [1.82, 2.24) is 24.3 Å². The van der Waals surface area contributed by atoms with Gasteiger partial charge in [0.2, 0.25) is 0 Å². The summed E-state index contributed by atoms with van der Waals surface area (Å²) in [4.78, 5) is 9.13. The van der Waals surface area contributed by atoms with Crippen LogP contribution in [0.2, 0.25) is 0 Å². The number of imidazole rings is 1. The highest BCUT2D eigenvalue weighted by Gasteiger charge is 2.16. The summed E-state index contributed by atoms with van der Waals surface area (Å²) in [5.41, 5.74) is 5.25. The average molecular weight is 304 g/mol. The van der Waals surface area contributed by atoms with Gasteiger partial charge >= 0.3 is 0 Å². The minimum atomic E-state index is 0.550. The normalized spacial score (nSPS) is 11.4. The van der Waals surface area contributed by atoms with Gasteiger partial charge in [-0.1, -0.05) is 0 Å². The maximum atomic E-state index is 5.92. The van der Waals surface area contributed by atoms with Gasteiger partial charge in [0.15, 0.2) is 5.65 Å². The second kappa shape index (κ2) is 5.48. The average Bonchev–Trinajstić information content (AvgIpc) is 2.92. The van der Waals surface area contributed by atoms with Gasteiger partial charge in [-0.15, -0.1) is 11.6 Å². The quantitative estimate of drug-likeness (QED) is 0.696. The van der Waals surface area contributed by atoms with Crippen molar-refractivity contribution in [3.63, 3.8) is 0 Å². The Bertz CT molecular complexity index is 787. The Hall–Kier alpha value is -1.88. The maximum Gasteiger partial charge on any atom is 0.160 e. The largest absolute Gasteiger partial charge is 0.308 e. The second-order valence-electron chi connectivity index (χ2n) is 5.17. The lowest BCUT2D eigenvalue weighted by atomic mass is 10.2. The van der Waals surface area contributed by atoms with Crippen molar-refractivity contribution in [3.05, 3.63) is 41.1 Å². The molecule has 0 unspecified atom stereocenters. The molecule has 0 aliphatic heterocycles. The van der Waals surface area contributed by atoms with Gasteiger partial charge in [0, 0.05) is 36.8 Å². The van der Waals surface area contributed by atoms with Crippen molar-refractivity contribution >= 4 is 22.8 Å². The van der Waals surface area contributed by atoms with E-state index >= 15 is 0 Å². The molecule has 3 heterocycles. The van der Waals surface area contributed by atoms with Gasteiger partial charge in [-0.25, -0.2) is 9.97 Å². The van der Waals surface area contributed by atoms with Crippen LogP contribution >= 0.6 is 11.6 Å². The molecule has 0 aliphatic carbocycles. The summed E-state index contributed by atoms with van der Waals surface area (Å²) in [6.45, 7) is 4.85. The lowest BCUT2D eigenvalue weighted by Gasteiger charge is -2.08. The highest BCUT2D eigenvalue weighted by Crippen LogP contribution is 2.20. The number of fused-ring (bicyclic) bond motifs is 1. The Morgan fingerprint density at radius 3 is 2.76 bits per heavy atom. The number of rotatable bonds is 4. The van der Waals surface area contributed by atoms with E-state index in [-0.39, 0.29) is 0 Å². The monoisotopic (exact) mass is 303 g/mol. The SMILES string of the molecule is Cc1nn(C)c(C)c1Cn1c(CCCl)nc2cccnc21. The first kappa shape index (κ1) is 14.1. The number of halogens is 1. The molecule has 3 aromatic rings. The predicted molar refractivity (Wildman–Crippen MR) is 83.7 cm³/mol. The number of aromatic nitrogens is 5. The molecule has 0 N–H and O–H groups in total. The summed E-state index contributed by atoms with van der Waals surface area (Å²) in [6.07, 6.45) is 2.53. The fourth-order valence-electron chi connectivity index (χ4n) is 2.65. The van der Waals surface area contributed by atoms with Crippen LogP contribution in [0.4, 0.5) is 0 Å². The number of pyridine rings is 1. The van der Waals surface area contributed by atoms with Gasteiger partial charge in [-0.05, 0) is 26.0 Å². The fourth-order valence-corrected chi connectivity index (χ4v) is 2.82. The molecule has 21 heavy (non-hydrogen) atoms. The van der Waals surface area contributed by atoms with E-state index in [4.69, 9.17) is 11.6 Å². The minimum Gasteiger partial charge on any atom is -0.308 e. The molecule has 0 aliphatic rings. The molecule has 5 nitrogen and oxygen atoms in total. The van der Waals surface area contributed by atoms with Crippen molar-refractivity contribution in [2.75, 3.05) is 5.88 Å². The van der Waals surface area contributed by atoms with Crippen LogP contribution < -0.4 is 0 Å². The lowest BCUT2D eigenvalue weighted by molar-refractivity contribution is 0.721. The first-order valence-electron chi connectivity index (χ1n) is 6.97. The Morgan fingerprint density at radius 1 is 1.29 bits per heavy atom. The molecule has 0 atom stereocenters. The lowest BCUT2D eigenvalue weighted by Crippen LogP contribution is -2.08. The van der Waals surface area contributed by atoms with Crippen LogP contribution in [-0.2, 0) is 20.0 Å². The molecule has 0 saturated carbocycles. The zero-order chi connectivity index (χ0) is 15.0. The van der Waals surface area contributed by atoms with Crippen molar-refractivity contribution in [1.29, 1.82) is 0 Å². The van der Waals surface area contributed by atoms with Crippen LogP contribution in [-0.4, -0.2) is 30.2 Å². The topological polar surface area (TPSA) is 48.5 Å². The summed E-state index contributed by atoms with van der Waals surface area (Å²) in [7, 11) is 1.97. The molecule has 0 aromatic carbocycles. The molecule has 0 spiro atoms. The third kappa shape index (κ3) is 2.42. The Morgan fingerprint density at radius 2 is 2.10 bits per heavy atom. The minimum absolute atomic E-state index is 0.550. The summed E-state index contributed by atoms with van der Waals surface area (Å²) >= 11 is 5.92. The molecular formula is C15H18ClN5. The van der Waals surface area contributed by atoms with E-state index in [2.05, 4.69) is 26.6 Å². The Labute approximate surface area is 128 Å². The first-order valence-corrected chi connectivity index (χ1v) is 7.50. The number of alkyl halides is 1. The van der Waals surface area contributed by atoms with Crippen molar-refractivity contribution in [2.45, 2.75) is 26.8 Å². The van der Waals surface area contributed by atoms with Gasteiger partial charge in [0.05, 0.1) is 12.2 Å². The standard InChI is InChI=1S/C15H18ClN5/c1-10-12(11(2)20(3)19-10)9-21-14(6-7-16)18-13-5-4-8-17-15(13)21/h4-5,8H,6-7,9H2,1-3H3. The van der Waals surface area contributed by atoms with Gasteiger partial charge in [0.25, 0.3) is 0 Å². The summed E-state index contributed by atoms with van der Waals surface area (Å²) in [5.74, 6) is 1.52. The maximum absolute atomic E-state index is 5.92. The number of nitrogens with zero attached hydrogens (tertiary/aromatic N) is 5. The van der Waals surface area contributed by atoms with E-state index in [1.54, 1.807) is 6.20 Å². The van der Waals surface area contributed by atoms with Crippen LogP contribution in [0.25, 0.3) is 11.2 Å². The van der Waals surface area contributed by atoms with E-state index in [9.17, 15) is 0 Å². The molecule has 0 saturated heterocycles. The first-order chi connectivity index (χ1) is 10.1. The van der Waals surface area contributed by atoms with Crippen LogP contribution in [0.3, 0.4) is 0 Å². The van der Waals surface area contributed by atoms with Crippen LogP contribution in [0.1, 0.15) is 22.8 Å². The molecule has 3 rings (SSSR count). The summed E-state index contributed by atoms with van der Waals surface area (Å²) in [5, 5.41) is 4.48. The van der Waals surface area contributed by atoms with Crippen molar-refractivity contribution < 1.29 is 0 Å². The molecule has 110 valence electrons. The third-order valence-electron chi connectivity index (χ3n) is 3.88. The van der Waals surface area contributed by atoms with E-state index in [0.717, 1.165) is 35.6 Å². The fraction of sp³-hybridized carbons (Fsp3) is 0.400. The molecule has 3 aromatic heterocycles. The summed E-state index contributed by atoms with van der Waals surface area (Å²) < 4.78 is 4.06. The van der Waals surface area contributed by atoms with Crippen molar-refractivity contribution in [3.8, 4) is 0 Å². The summed E-state index contributed by atoms with van der Waals surface area (Å²) in [6, 6.07) is 3.89. The van der Waals surface area contributed by atoms with Crippen LogP contribution in [0.5, 0.6) is 0 Å². The Balaban J connectivity index is 2.12. The van der Waals surface area contributed by atoms with Gasteiger partial charge < -0.3 is 4.57 Å². The van der Waals surface area contributed by atoms with Gasteiger partial charge in [-0.3, -0.25) is 4.68 Å². The molecule has 6 heteroatoms. The molecule has 0 fully saturated rings. The van der Waals surface area contributed by atoms with Crippen LogP contribution in [0.15, 0.2) is 18.3 Å². The molecule has 0 bridgehead atoms. The van der Waals surface area contributed by atoms with E-state index in [1.165, 1.54) is 11.3 Å². The van der Waals surface area contributed by atoms with E-state index in [0.29, 0.717) is 5.88 Å².